The number of hydrogen-bond acceptors (Lipinski definition) is 2. The van der Waals surface area contributed by atoms with Gasteiger partial charge < -0.3 is 0 Å². The van der Waals surface area contributed by atoms with Crippen LogP contribution in [0.4, 0.5) is 5.69 Å². The van der Waals surface area contributed by atoms with Gasteiger partial charge in [0.25, 0.3) is 10.3 Å². The zero-order valence-electron chi connectivity index (χ0n) is 6.15. The first-order valence-corrected chi connectivity index (χ1v) is 5.24. The molecule has 13 heavy (non-hydrogen) atoms. The van der Waals surface area contributed by atoms with Crippen LogP contribution in [0.1, 0.15) is 0 Å². The summed E-state index contributed by atoms with van der Waals surface area (Å²) in [7, 11) is -4.13. The summed E-state index contributed by atoms with van der Waals surface area (Å²) in [6.45, 7) is 0. The first kappa shape index (κ1) is 10.7. The Morgan fingerprint density at radius 1 is 1.23 bits per heavy atom. The van der Waals surface area contributed by atoms with Crippen molar-refractivity contribution in [2.45, 2.75) is 0 Å². The van der Waals surface area contributed by atoms with Crippen LogP contribution in [0.3, 0.4) is 0 Å². The third kappa shape index (κ3) is 3.50. The normalized spacial score (nSPS) is 11.4. The van der Waals surface area contributed by atoms with Gasteiger partial charge in [-0.25, -0.2) is 0 Å². The summed E-state index contributed by atoms with van der Waals surface area (Å²) in [5, 5.41) is 0.509. The molecule has 0 aliphatic rings. The predicted octanol–water partition coefficient (Wildman–Crippen LogP) is 3.04. The standard InChI is InChI=1S/C6H5Cl2NO3S/c7-5-2-1-4(3-6(5)8)9-13(10,11)12/h1-3H,(H2,9,10,11,12). The molecule has 1 aromatic carbocycles. The molecule has 0 amide bonds. The van der Waals surface area contributed by atoms with Gasteiger partial charge in [0.1, 0.15) is 0 Å². The lowest BCUT2D eigenvalue weighted by atomic mass is 10.3. The van der Waals surface area contributed by atoms with Crippen molar-refractivity contribution in [3.8, 4) is 0 Å². The topological polar surface area (TPSA) is 69.9 Å². The van der Waals surface area contributed by atoms with E-state index in [4.69, 9.17) is 32.3 Å². The van der Waals surface area contributed by atoms with Gasteiger partial charge in [0.15, 0.2) is 0 Å². The van der Waals surface area contributed by atoms with Crippen molar-refractivity contribution < 1.29 is 13.3 Å². The summed E-state index contributed by atoms with van der Waals surface area (Å²) < 4.78 is 30.5. The van der Waals surface area contributed by atoms with Crippen LogP contribution in [0.5, 0.6) is 0 Å². The lowest BCUT2D eigenvalue weighted by Crippen LogP contribution is -1.91. The van der Waals surface area contributed by atoms with Crippen molar-refractivity contribution in [3.05, 3.63) is 28.2 Å². The molecular weight excluding hydrogens is 237 g/mol. The van der Waals surface area contributed by atoms with E-state index >= 15 is 0 Å². The van der Waals surface area contributed by atoms with E-state index in [9.17, 15) is 4.21 Å². The number of halogens is 2. The molecule has 0 heterocycles. The molecule has 72 valence electrons. The fraction of sp³-hybridized carbons (Fsp3) is 0. The largest absolute Gasteiger partial charge is 0.292 e. The molecule has 0 aliphatic heterocycles. The lowest BCUT2D eigenvalue weighted by molar-refractivity contribution is 0.439. The third-order valence-corrected chi connectivity index (χ3v) is 2.32. The molecular formula is C6H5Cl2NO3S. The highest BCUT2D eigenvalue weighted by atomic mass is 35.5. The lowest BCUT2D eigenvalue weighted by Gasteiger charge is -1.97. The van der Waals surface area contributed by atoms with Crippen LogP contribution in [0.25, 0.3) is 0 Å². The third-order valence-electron chi connectivity index (χ3n) is 1.13. The van der Waals surface area contributed by atoms with Crippen molar-refractivity contribution in [2.24, 2.45) is 4.36 Å². The van der Waals surface area contributed by atoms with Crippen LogP contribution in [0.15, 0.2) is 22.6 Å². The van der Waals surface area contributed by atoms with Crippen molar-refractivity contribution in [1.29, 1.82) is 0 Å². The van der Waals surface area contributed by atoms with Crippen LogP contribution in [0.2, 0.25) is 10.0 Å². The fourth-order valence-corrected chi connectivity index (χ4v) is 1.36. The highest BCUT2D eigenvalue weighted by molar-refractivity contribution is 7.82. The Morgan fingerprint density at radius 3 is 2.31 bits per heavy atom. The van der Waals surface area contributed by atoms with Gasteiger partial charge in [0, 0.05) is 0 Å². The van der Waals surface area contributed by atoms with Gasteiger partial charge in [-0.1, -0.05) is 23.2 Å². The van der Waals surface area contributed by atoms with E-state index in [1.165, 1.54) is 18.2 Å². The molecule has 0 fully saturated rings. The zero-order chi connectivity index (χ0) is 10.1. The summed E-state index contributed by atoms with van der Waals surface area (Å²) in [6, 6.07) is 4.05. The molecule has 0 saturated carbocycles. The Hall–Kier alpha value is -0.330. The van der Waals surface area contributed by atoms with Gasteiger partial charge in [0.2, 0.25) is 0 Å². The second kappa shape index (κ2) is 3.81. The Balaban J connectivity index is 3.21. The van der Waals surface area contributed by atoms with Crippen LogP contribution in [-0.2, 0) is 10.3 Å². The average molecular weight is 242 g/mol. The number of benzene rings is 1. The molecule has 0 atom stereocenters. The summed E-state index contributed by atoms with van der Waals surface area (Å²) >= 11 is 11.2. The Bertz CT molecular complexity index is 432. The van der Waals surface area contributed by atoms with Crippen molar-refractivity contribution in [2.75, 3.05) is 0 Å². The molecule has 2 N–H and O–H groups in total. The molecule has 1 rings (SSSR count). The smallest absolute Gasteiger partial charge is 0.279 e. The Kier molecular flexibility index (Phi) is 3.15. The SMILES string of the molecule is O=S(O)(O)=Nc1ccc(Cl)c(Cl)c1. The molecule has 0 aliphatic carbocycles. The van der Waals surface area contributed by atoms with Gasteiger partial charge in [-0.05, 0) is 18.2 Å². The minimum atomic E-state index is -4.13. The van der Waals surface area contributed by atoms with Gasteiger partial charge >= 0.3 is 0 Å². The second-order valence-electron chi connectivity index (χ2n) is 2.16. The van der Waals surface area contributed by atoms with E-state index in [-0.39, 0.29) is 10.7 Å². The summed E-state index contributed by atoms with van der Waals surface area (Å²) in [6.07, 6.45) is 0. The Labute approximate surface area is 85.3 Å². The van der Waals surface area contributed by atoms with Crippen LogP contribution in [0, 0.1) is 0 Å². The molecule has 7 heteroatoms. The van der Waals surface area contributed by atoms with Gasteiger partial charge in [-0.3, -0.25) is 9.11 Å². The molecule has 0 aromatic heterocycles. The minimum absolute atomic E-state index is 0.0874. The minimum Gasteiger partial charge on any atom is -0.279 e. The van der Waals surface area contributed by atoms with Gasteiger partial charge in [0.05, 0.1) is 15.7 Å². The van der Waals surface area contributed by atoms with E-state index in [0.29, 0.717) is 5.02 Å². The maximum Gasteiger partial charge on any atom is 0.292 e. The van der Waals surface area contributed by atoms with E-state index in [2.05, 4.69) is 4.36 Å². The summed E-state index contributed by atoms with van der Waals surface area (Å²) in [5.41, 5.74) is 0.0874. The van der Waals surface area contributed by atoms with E-state index in [1.54, 1.807) is 0 Å². The van der Waals surface area contributed by atoms with E-state index < -0.39 is 10.3 Å². The Morgan fingerprint density at radius 2 is 1.85 bits per heavy atom. The quantitative estimate of drug-likeness (QED) is 0.794. The fourth-order valence-electron chi connectivity index (χ4n) is 0.679. The second-order valence-corrected chi connectivity index (χ2v) is 4.09. The van der Waals surface area contributed by atoms with Crippen LogP contribution in [-0.4, -0.2) is 13.3 Å². The van der Waals surface area contributed by atoms with Gasteiger partial charge in [-0.15, -0.1) is 0 Å². The number of hydrogen-bond donors (Lipinski definition) is 2. The monoisotopic (exact) mass is 241 g/mol. The molecule has 0 saturated heterocycles. The molecule has 1 aromatic rings. The first-order valence-electron chi connectivity index (χ1n) is 3.05. The highest BCUT2D eigenvalue weighted by Gasteiger charge is 2.00. The number of rotatable bonds is 1. The molecule has 0 bridgehead atoms. The van der Waals surface area contributed by atoms with Crippen molar-refractivity contribution >= 4 is 39.2 Å². The summed E-state index contributed by atoms with van der Waals surface area (Å²) in [4.78, 5) is 0. The van der Waals surface area contributed by atoms with E-state index in [0.717, 1.165) is 0 Å². The number of nitrogens with zero attached hydrogens (tertiary/aromatic N) is 1. The van der Waals surface area contributed by atoms with Crippen LogP contribution >= 0.6 is 23.2 Å². The van der Waals surface area contributed by atoms with Crippen molar-refractivity contribution in [3.63, 3.8) is 0 Å². The molecule has 0 radical (unpaired) electrons. The summed E-state index contributed by atoms with van der Waals surface area (Å²) in [5.74, 6) is 0. The van der Waals surface area contributed by atoms with Crippen molar-refractivity contribution in [1.82, 2.24) is 0 Å². The molecule has 4 nitrogen and oxygen atoms in total. The predicted molar refractivity (Wildman–Crippen MR) is 52.0 cm³/mol. The highest BCUT2D eigenvalue weighted by Crippen LogP contribution is 2.26. The molecule has 0 unspecified atom stereocenters. The van der Waals surface area contributed by atoms with Crippen LogP contribution < -0.4 is 0 Å². The molecule has 0 spiro atoms. The zero-order valence-corrected chi connectivity index (χ0v) is 8.47. The maximum absolute atomic E-state index is 10.4. The van der Waals surface area contributed by atoms with E-state index in [1.807, 2.05) is 0 Å². The first-order chi connectivity index (χ1) is 5.88. The maximum atomic E-state index is 10.4. The average Bonchev–Trinajstić information content (AvgIpc) is 1.94. The van der Waals surface area contributed by atoms with Gasteiger partial charge in [-0.2, -0.15) is 8.57 Å².